The number of benzene rings is 3. The number of hydrogen-bond acceptors (Lipinski definition) is 5. The number of aryl methyl sites for hydroxylation is 2. The second-order valence-electron chi connectivity index (χ2n) is 9.17. The Labute approximate surface area is 201 Å². The topological polar surface area (TPSA) is 67.2 Å². The highest BCUT2D eigenvalue weighted by Gasteiger charge is 2.15. The number of piperazine rings is 1. The van der Waals surface area contributed by atoms with Gasteiger partial charge in [-0.05, 0) is 65.6 Å². The highest BCUT2D eigenvalue weighted by atomic mass is 32.2. The van der Waals surface area contributed by atoms with Gasteiger partial charge in [-0.15, -0.1) is 0 Å². The van der Waals surface area contributed by atoms with Gasteiger partial charge in [0.25, 0.3) is 0 Å². The molecular formula is C27H30N4O2S. The van der Waals surface area contributed by atoms with Crippen LogP contribution in [0.15, 0.2) is 65.6 Å². The Bertz CT molecular complexity index is 1430. The lowest BCUT2D eigenvalue weighted by Gasteiger charge is -2.27. The second-order valence-corrected chi connectivity index (χ2v) is 11.2. The van der Waals surface area contributed by atoms with Gasteiger partial charge in [-0.25, -0.2) is 13.4 Å². The molecule has 0 amide bonds. The van der Waals surface area contributed by atoms with E-state index in [1.165, 1.54) is 22.9 Å². The normalized spacial score (nSPS) is 15.1. The molecule has 0 spiro atoms. The number of fused-ring (bicyclic) bond motifs is 1. The van der Waals surface area contributed by atoms with Gasteiger partial charge in [-0.1, -0.05) is 24.3 Å². The summed E-state index contributed by atoms with van der Waals surface area (Å²) in [5.41, 5.74) is 7.72. The predicted molar refractivity (Wildman–Crippen MR) is 138 cm³/mol. The third-order valence-corrected chi connectivity index (χ3v) is 7.75. The van der Waals surface area contributed by atoms with Crippen LogP contribution >= 0.6 is 0 Å². The molecular weight excluding hydrogens is 444 g/mol. The summed E-state index contributed by atoms with van der Waals surface area (Å²) < 4.78 is 25.7. The van der Waals surface area contributed by atoms with Gasteiger partial charge < -0.3 is 9.88 Å². The maximum Gasteiger partial charge on any atom is 0.175 e. The molecule has 34 heavy (non-hydrogen) atoms. The Morgan fingerprint density at radius 2 is 1.56 bits per heavy atom. The SMILES string of the molecule is Cc1cc(-c2ccc(CN3CCNCC3)cc2)cc2c1nc(-c1ccc(S(C)(=O)=O)cc1)n2C. The van der Waals surface area contributed by atoms with Crippen LogP contribution in [0.5, 0.6) is 0 Å². The summed E-state index contributed by atoms with van der Waals surface area (Å²) in [7, 11) is -1.21. The number of sulfone groups is 1. The molecule has 0 radical (unpaired) electrons. The van der Waals surface area contributed by atoms with E-state index in [0.717, 1.165) is 60.7 Å². The number of aromatic nitrogens is 2. The molecule has 1 fully saturated rings. The zero-order valence-corrected chi connectivity index (χ0v) is 20.7. The first kappa shape index (κ1) is 22.8. The molecule has 1 aliphatic heterocycles. The van der Waals surface area contributed by atoms with Crippen molar-refractivity contribution >= 4 is 20.9 Å². The average molecular weight is 475 g/mol. The van der Waals surface area contributed by atoms with Crippen molar-refractivity contribution in [3.05, 3.63) is 71.8 Å². The van der Waals surface area contributed by atoms with E-state index < -0.39 is 9.84 Å². The number of nitrogens with zero attached hydrogens (tertiary/aromatic N) is 3. The fraction of sp³-hybridized carbons (Fsp3) is 0.296. The van der Waals surface area contributed by atoms with Gasteiger partial charge in [-0.3, -0.25) is 4.90 Å². The van der Waals surface area contributed by atoms with Gasteiger partial charge in [0.1, 0.15) is 5.82 Å². The molecule has 7 heteroatoms. The third kappa shape index (κ3) is 4.51. The van der Waals surface area contributed by atoms with E-state index in [-0.39, 0.29) is 0 Å². The lowest BCUT2D eigenvalue weighted by molar-refractivity contribution is 0.233. The zero-order chi connectivity index (χ0) is 23.9. The Kier molecular flexibility index (Phi) is 6.02. The lowest BCUT2D eigenvalue weighted by atomic mass is 10.0. The van der Waals surface area contributed by atoms with Gasteiger partial charge in [0.15, 0.2) is 9.84 Å². The Hall–Kier alpha value is -3.00. The van der Waals surface area contributed by atoms with Crippen molar-refractivity contribution in [3.63, 3.8) is 0 Å². The van der Waals surface area contributed by atoms with Gasteiger partial charge >= 0.3 is 0 Å². The molecule has 1 N–H and O–H groups in total. The van der Waals surface area contributed by atoms with Gasteiger partial charge in [0.2, 0.25) is 0 Å². The van der Waals surface area contributed by atoms with Crippen LogP contribution in [-0.4, -0.2) is 55.3 Å². The first-order valence-corrected chi connectivity index (χ1v) is 13.5. The Balaban J connectivity index is 1.45. The van der Waals surface area contributed by atoms with Crippen LogP contribution in [0.4, 0.5) is 0 Å². The van der Waals surface area contributed by atoms with E-state index in [1.54, 1.807) is 12.1 Å². The van der Waals surface area contributed by atoms with Crippen molar-refractivity contribution < 1.29 is 8.42 Å². The van der Waals surface area contributed by atoms with Crippen LogP contribution in [0.25, 0.3) is 33.5 Å². The summed E-state index contributed by atoms with van der Waals surface area (Å²) in [6.45, 7) is 7.39. The predicted octanol–water partition coefficient (Wildman–Crippen LogP) is 4.02. The smallest absolute Gasteiger partial charge is 0.175 e. The van der Waals surface area contributed by atoms with Crippen molar-refractivity contribution in [2.75, 3.05) is 32.4 Å². The molecule has 5 rings (SSSR count). The molecule has 0 aliphatic carbocycles. The maximum absolute atomic E-state index is 11.8. The fourth-order valence-electron chi connectivity index (χ4n) is 4.66. The van der Waals surface area contributed by atoms with Crippen molar-refractivity contribution in [1.82, 2.24) is 19.8 Å². The number of rotatable bonds is 5. The zero-order valence-electron chi connectivity index (χ0n) is 19.9. The molecule has 0 bridgehead atoms. The quantitative estimate of drug-likeness (QED) is 0.473. The molecule has 176 valence electrons. The summed E-state index contributed by atoms with van der Waals surface area (Å²) in [5, 5.41) is 3.40. The van der Waals surface area contributed by atoms with E-state index >= 15 is 0 Å². The van der Waals surface area contributed by atoms with E-state index in [9.17, 15) is 8.42 Å². The first-order chi connectivity index (χ1) is 16.3. The Morgan fingerprint density at radius 1 is 0.912 bits per heavy atom. The molecule has 4 aromatic rings. The third-order valence-electron chi connectivity index (χ3n) is 6.62. The number of imidazole rings is 1. The number of hydrogen-bond donors (Lipinski definition) is 1. The van der Waals surface area contributed by atoms with E-state index in [0.29, 0.717) is 4.90 Å². The van der Waals surface area contributed by atoms with Crippen LogP contribution in [-0.2, 0) is 23.4 Å². The molecule has 1 aliphatic rings. The molecule has 0 unspecified atom stereocenters. The number of nitrogens with one attached hydrogen (secondary N) is 1. The summed E-state index contributed by atoms with van der Waals surface area (Å²) >= 11 is 0. The minimum absolute atomic E-state index is 0.314. The van der Waals surface area contributed by atoms with E-state index in [4.69, 9.17) is 4.98 Å². The minimum atomic E-state index is -3.22. The van der Waals surface area contributed by atoms with Crippen LogP contribution in [0.3, 0.4) is 0 Å². The van der Waals surface area contributed by atoms with Gasteiger partial charge in [0.05, 0.1) is 15.9 Å². The minimum Gasteiger partial charge on any atom is -0.327 e. The average Bonchev–Trinajstić information content (AvgIpc) is 3.17. The summed E-state index contributed by atoms with van der Waals surface area (Å²) in [4.78, 5) is 7.69. The van der Waals surface area contributed by atoms with Crippen molar-refractivity contribution in [2.24, 2.45) is 7.05 Å². The largest absolute Gasteiger partial charge is 0.327 e. The van der Waals surface area contributed by atoms with E-state index in [2.05, 4.69) is 58.1 Å². The first-order valence-electron chi connectivity index (χ1n) is 11.6. The standard InChI is InChI=1S/C27H30N4O2S/c1-19-16-23(21-6-4-20(5-7-21)18-31-14-12-28-13-15-31)17-25-26(19)29-27(30(25)2)22-8-10-24(11-9-22)34(3,32)33/h4-11,16-17,28H,12-15,18H2,1-3H3. The molecule has 3 aromatic carbocycles. The van der Waals surface area contributed by atoms with Crippen molar-refractivity contribution in [1.29, 1.82) is 0 Å². The molecule has 1 saturated heterocycles. The fourth-order valence-corrected chi connectivity index (χ4v) is 5.29. The summed E-state index contributed by atoms with van der Waals surface area (Å²) in [6, 6.07) is 20.2. The monoisotopic (exact) mass is 474 g/mol. The van der Waals surface area contributed by atoms with E-state index in [1.807, 2.05) is 19.2 Å². The van der Waals surface area contributed by atoms with Gasteiger partial charge in [-0.2, -0.15) is 0 Å². The van der Waals surface area contributed by atoms with Crippen molar-refractivity contribution in [2.45, 2.75) is 18.4 Å². The highest BCUT2D eigenvalue weighted by molar-refractivity contribution is 7.90. The Morgan fingerprint density at radius 3 is 2.21 bits per heavy atom. The second kappa shape index (κ2) is 8.98. The molecule has 6 nitrogen and oxygen atoms in total. The molecule has 1 aromatic heterocycles. The summed E-state index contributed by atoms with van der Waals surface area (Å²) in [5.74, 6) is 0.821. The molecule has 0 atom stereocenters. The van der Waals surface area contributed by atoms with Crippen LogP contribution in [0.2, 0.25) is 0 Å². The van der Waals surface area contributed by atoms with Crippen molar-refractivity contribution in [3.8, 4) is 22.5 Å². The lowest BCUT2D eigenvalue weighted by Crippen LogP contribution is -2.42. The highest BCUT2D eigenvalue weighted by Crippen LogP contribution is 2.31. The van der Waals surface area contributed by atoms with Gasteiger partial charge in [0, 0.05) is 51.6 Å². The van der Waals surface area contributed by atoms with Crippen LogP contribution < -0.4 is 5.32 Å². The molecule has 0 saturated carbocycles. The van der Waals surface area contributed by atoms with Crippen LogP contribution in [0.1, 0.15) is 11.1 Å². The van der Waals surface area contributed by atoms with Crippen LogP contribution in [0, 0.1) is 6.92 Å². The summed E-state index contributed by atoms with van der Waals surface area (Å²) in [6.07, 6.45) is 1.22. The molecule has 2 heterocycles. The maximum atomic E-state index is 11.8.